The lowest BCUT2D eigenvalue weighted by molar-refractivity contribution is -0.138. The molecular formula is C29H29F2N7O4. The average molecular weight is 578 g/mol. The molecule has 2 saturated heterocycles. The number of rotatable bonds is 7. The molecule has 2 aliphatic rings. The van der Waals surface area contributed by atoms with Crippen molar-refractivity contribution in [2.24, 2.45) is 0 Å². The van der Waals surface area contributed by atoms with Crippen LogP contribution in [0, 0.1) is 18.6 Å². The molecule has 0 unspecified atom stereocenters. The summed E-state index contributed by atoms with van der Waals surface area (Å²) in [5.41, 5.74) is 2.64. The zero-order valence-electron chi connectivity index (χ0n) is 22.9. The van der Waals surface area contributed by atoms with Crippen LogP contribution in [-0.4, -0.2) is 81.1 Å². The fourth-order valence-corrected chi connectivity index (χ4v) is 5.37. The Bertz CT molecular complexity index is 1690. The topological polar surface area (TPSA) is 133 Å². The second-order valence-corrected chi connectivity index (χ2v) is 10.5. The number of hydrogen-bond donors (Lipinski definition) is 4. The van der Waals surface area contributed by atoms with Crippen molar-refractivity contribution < 1.29 is 28.2 Å². The second kappa shape index (κ2) is 11.0. The number of nitrogens with zero attached hydrogens (tertiary/aromatic N) is 4. The molecule has 0 spiro atoms. The molecule has 11 nitrogen and oxygen atoms in total. The van der Waals surface area contributed by atoms with E-state index in [0.717, 1.165) is 5.56 Å². The van der Waals surface area contributed by atoms with E-state index in [1.54, 1.807) is 33.7 Å². The molecule has 42 heavy (non-hydrogen) atoms. The van der Waals surface area contributed by atoms with Gasteiger partial charge in [-0.25, -0.2) is 14.4 Å². The van der Waals surface area contributed by atoms with E-state index in [2.05, 4.69) is 25.9 Å². The molecule has 4 heterocycles. The predicted octanol–water partition coefficient (Wildman–Crippen LogP) is 2.40. The predicted molar refractivity (Wildman–Crippen MR) is 150 cm³/mol. The van der Waals surface area contributed by atoms with E-state index >= 15 is 0 Å². The average Bonchev–Trinajstić information content (AvgIpc) is 3.59. The number of amides is 2. The summed E-state index contributed by atoms with van der Waals surface area (Å²) in [6.45, 7) is 3.07. The normalized spacial score (nSPS) is 18.6. The highest BCUT2D eigenvalue weighted by Gasteiger charge is 2.38. The van der Waals surface area contributed by atoms with Gasteiger partial charge in [0.15, 0.2) is 23.0 Å². The van der Waals surface area contributed by atoms with Gasteiger partial charge >= 0.3 is 0 Å². The molecule has 2 atom stereocenters. The maximum Gasteiger partial charge on any atom is 0.251 e. The molecule has 2 aromatic heterocycles. The monoisotopic (exact) mass is 577 g/mol. The molecule has 2 aromatic carbocycles. The lowest BCUT2D eigenvalue weighted by Crippen LogP contribution is -2.63. The first-order valence-corrected chi connectivity index (χ1v) is 13.5. The van der Waals surface area contributed by atoms with E-state index in [0.29, 0.717) is 54.5 Å². The Labute approximate surface area is 239 Å². The number of aromatic nitrogens is 3. The first-order chi connectivity index (χ1) is 20.2. The zero-order chi connectivity index (χ0) is 29.5. The van der Waals surface area contributed by atoms with E-state index < -0.39 is 17.7 Å². The number of likely N-dealkylation sites (tertiary alicyclic amines) is 1. The van der Waals surface area contributed by atoms with Crippen LogP contribution in [0.25, 0.3) is 16.9 Å². The van der Waals surface area contributed by atoms with Crippen molar-refractivity contribution in [1.29, 1.82) is 0 Å². The molecule has 0 bridgehead atoms. The van der Waals surface area contributed by atoms with Gasteiger partial charge < -0.3 is 30.7 Å². The second-order valence-electron chi connectivity index (χ2n) is 10.5. The fraction of sp³-hybridized carbons (Fsp3) is 0.310. The molecule has 13 heteroatoms. The summed E-state index contributed by atoms with van der Waals surface area (Å²) in [6.07, 6.45) is 4.45. The van der Waals surface area contributed by atoms with Crippen molar-refractivity contribution in [3.05, 3.63) is 71.7 Å². The van der Waals surface area contributed by atoms with E-state index in [1.807, 2.05) is 6.92 Å². The van der Waals surface area contributed by atoms with Crippen molar-refractivity contribution >= 4 is 29.0 Å². The molecule has 0 aliphatic carbocycles. The zero-order valence-corrected chi connectivity index (χ0v) is 22.9. The lowest BCUT2D eigenvalue weighted by Gasteiger charge is -2.40. The largest absolute Gasteiger partial charge is 0.494 e. The molecule has 6 rings (SSSR count). The summed E-state index contributed by atoms with van der Waals surface area (Å²) in [5.74, 6) is -2.22. The number of nitrogens with one attached hydrogen (secondary N) is 3. The van der Waals surface area contributed by atoms with Gasteiger partial charge in [-0.15, -0.1) is 0 Å². The molecule has 2 amide bonds. The number of aryl methyl sites for hydroxylation is 1. The highest BCUT2D eigenvalue weighted by atomic mass is 19.2. The number of ether oxygens (including phenoxy) is 1. The molecule has 0 radical (unpaired) electrons. The molecule has 218 valence electrons. The Balaban J connectivity index is 1.13. The lowest BCUT2D eigenvalue weighted by atomic mass is 10.0. The number of benzene rings is 2. The van der Waals surface area contributed by atoms with Gasteiger partial charge in [0, 0.05) is 48.8 Å². The number of β-amino-alcohol motifs (C(OH)–C–C–N with tert-alkyl or cyclic N) is 1. The van der Waals surface area contributed by atoms with Crippen molar-refractivity contribution in [1.82, 2.24) is 29.9 Å². The van der Waals surface area contributed by atoms with Crippen molar-refractivity contribution in [3.63, 3.8) is 0 Å². The molecule has 0 saturated carbocycles. The van der Waals surface area contributed by atoms with Crippen LogP contribution >= 0.6 is 0 Å². The SMILES string of the molecule is COc1ccc(-c2cnc3c(Nc4ccc(C(=O)NC5CN(C(=O)[C@@H]6C[C@@H](O)CN6)C5)c(C)c4)nccn23)c(F)c1F. The minimum absolute atomic E-state index is 0.0251. The van der Waals surface area contributed by atoms with E-state index in [9.17, 15) is 23.5 Å². The van der Waals surface area contributed by atoms with Crippen LogP contribution in [0.2, 0.25) is 0 Å². The number of imidazole rings is 1. The number of carbonyl (C=O) groups excluding carboxylic acids is 2. The molecule has 2 fully saturated rings. The maximum atomic E-state index is 14.8. The van der Waals surface area contributed by atoms with Crippen LogP contribution in [-0.2, 0) is 4.79 Å². The number of fused-ring (bicyclic) bond motifs is 1. The quantitative estimate of drug-likeness (QED) is 0.263. The summed E-state index contributed by atoms with van der Waals surface area (Å²) in [5, 5.41) is 18.8. The summed E-state index contributed by atoms with van der Waals surface area (Å²) < 4.78 is 35.6. The molecular weight excluding hydrogens is 548 g/mol. The first kappa shape index (κ1) is 27.5. The fourth-order valence-electron chi connectivity index (χ4n) is 5.37. The van der Waals surface area contributed by atoms with Crippen molar-refractivity contribution in [2.45, 2.75) is 31.5 Å². The van der Waals surface area contributed by atoms with Crippen LogP contribution in [0.15, 0.2) is 48.9 Å². The number of carbonyl (C=O) groups is 2. The van der Waals surface area contributed by atoms with E-state index in [4.69, 9.17) is 4.74 Å². The first-order valence-electron chi connectivity index (χ1n) is 13.5. The number of aliphatic hydroxyl groups excluding tert-OH is 1. The third kappa shape index (κ3) is 5.01. The Morgan fingerprint density at radius 2 is 1.95 bits per heavy atom. The van der Waals surface area contributed by atoms with Gasteiger partial charge in [-0.3, -0.25) is 14.0 Å². The number of aliphatic hydroxyl groups is 1. The highest BCUT2D eigenvalue weighted by Crippen LogP contribution is 2.31. The van der Waals surface area contributed by atoms with Gasteiger partial charge in [0.05, 0.1) is 37.2 Å². The Morgan fingerprint density at radius 3 is 2.67 bits per heavy atom. The van der Waals surface area contributed by atoms with Crippen molar-refractivity contribution in [3.8, 4) is 17.0 Å². The Kier molecular flexibility index (Phi) is 7.21. The number of halogens is 2. The Morgan fingerprint density at radius 1 is 1.14 bits per heavy atom. The van der Waals surface area contributed by atoms with Crippen LogP contribution < -0.4 is 20.7 Å². The summed E-state index contributed by atoms with van der Waals surface area (Å²) in [7, 11) is 1.27. The molecule has 2 aliphatic heterocycles. The van der Waals surface area contributed by atoms with Gasteiger partial charge in [0.2, 0.25) is 11.7 Å². The van der Waals surface area contributed by atoms with Crippen LogP contribution in [0.5, 0.6) is 5.75 Å². The number of hydrogen-bond acceptors (Lipinski definition) is 8. The third-order valence-corrected chi connectivity index (χ3v) is 7.64. The highest BCUT2D eigenvalue weighted by molar-refractivity contribution is 5.96. The van der Waals surface area contributed by atoms with Crippen LogP contribution in [0.3, 0.4) is 0 Å². The van der Waals surface area contributed by atoms with E-state index in [1.165, 1.54) is 31.6 Å². The van der Waals surface area contributed by atoms with Gasteiger partial charge in [-0.2, -0.15) is 4.39 Å². The molecule has 4 aromatic rings. The van der Waals surface area contributed by atoms with Gasteiger partial charge in [0.1, 0.15) is 0 Å². The van der Waals surface area contributed by atoms with Crippen LogP contribution in [0.4, 0.5) is 20.3 Å². The number of methoxy groups -OCH3 is 1. The smallest absolute Gasteiger partial charge is 0.251 e. The van der Waals surface area contributed by atoms with Gasteiger partial charge in [-0.05, 0) is 49.2 Å². The summed E-state index contributed by atoms with van der Waals surface area (Å²) >= 11 is 0. The van der Waals surface area contributed by atoms with Gasteiger partial charge in [-0.1, -0.05) is 0 Å². The molecule has 4 N–H and O–H groups in total. The summed E-state index contributed by atoms with van der Waals surface area (Å²) in [4.78, 5) is 35.9. The minimum Gasteiger partial charge on any atom is -0.494 e. The summed E-state index contributed by atoms with van der Waals surface area (Å²) in [6, 6.07) is 7.50. The Hall–Kier alpha value is -4.62. The maximum absolute atomic E-state index is 14.8. The van der Waals surface area contributed by atoms with Gasteiger partial charge in [0.25, 0.3) is 5.91 Å². The van der Waals surface area contributed by atoms with E-state index in [-0.39, 0.29) is 35.2 Å². The number of anilines is 2. The third-order valence-electron chi connectivity index (χ3n) is 7.64. The van der Waals surface area contributed by atoms with Crippen LogP contribution in [0.1, 0.15) is 22.3 Å². The van der Waals surface area contributed by atoms with Crippen molar-refractivity contribution in [2.75, 3.05) is 32.1 Å². The minimum atomic E-state index is -1.08. The standard InChI is InChI=1S/C29H29F2N7O4/c1-15-9-16(3-4-19(15)28(40)36-17-13-37(14-17)29(41)21-10-18(39)11-33-21)35-26-27-34-12-22(38(27)8-7-32-26)20-5-6-23(42-2)25(31)24(20)30/h3-9,12,17-18,21,33,39H,10-11,13-14H2,1-2H3,(H,32,35)(H,36,40)/t18-,21+/m1/s1.